The molecule has 0 aliphatic carbocycles. The predicted octanol–water partition coefficient (Wildman–Crippen LogP) is -1.19. The molecule has 0 aromatic rings. The average Bonchev–Trinajstić information content (AvgIpc) is 0. The van der Waals surface area contributed by atoms with E-state index in [1.807, 2.05) is 0 Å². The molecule has 0 saturated carbocycles. The Labute approximate surface area is 77.2 Å². The van der Waals surface area contributed by atoms with E-state index in [0.717, 1.165) is 0 Å². The standard InChI is InChI=1S/Al.Co.Nb.Ti.3H. The molecule has 4 heteroatoms. The van der Waals surface area contributed by atoms with Crippen molar-refractivity contribution in [3.05, 3.63) is 0 Å². The maximum atomic E-state index is 0. The van der Waals surface area contributed by atoms with Gasteiger partial charge in [0, 0.05) is 60.9 Å². The van der Waals surface area contributed by atoms with Crippen LogP contribution in [-0.2, 0) is 60.9 Å². The average molecular weight is 230 g/mol. The van der Waals surface area contributed by atoms with Crippen LogP contribution in [0.15, 0.2) is 0 Å². The van der Waals surface area contributed by atoms with Gasteiger partial charge in [-0.15, -0.1) is 0 Å². The van der Waals surface area contributed by atoms with Crippen LogP contribution in [0.5, 0.6) is 0 Å². The number of hydrogen-bond acceptors (Lipinski definition) is 0. The van der Waals surface area contributed by atoms with Crippen molar-refractivity contribution in [2.75, 3.05) is 0 Å². The summed E-state index contributed by atoms with van der Waals surface area (Å²) < 4.78 is 0. The zero-order chi connectivity index (χ0) is 0. The first-order valence-corrected chi connectivity index (χ1v) is 0. The Hall–Kier alpha value is 2.49. The predicted molar refractivity (Wildman–Crippen MR) is 9.94 cm³/mol. The molecule has 0 spiro atoms. The van der Waals surface area contributed by atoms with Crippen molar-refractivity contribution in [2.24, 2.45) is 0 Å². The summed E-state index contributed by atoms with van der Waals surface area (Å²) in [5.41, 5.74) is 0. The molecule has 0 atom stereocenters. The Morgan fingerprint density at radius 1 is 1.00 bits per heavy atom. The van der Waals surface area contributed by atoms with Gasteiger partial charge in [0.05, 0.1) is 0 Å². The van der Waals surface area contributed by atoms with Crippen molar-refractivity contribution in [1.29, 1.82) is 0 Å². The van der Waals surface area contributed by atoms with Crippen molar-refractivity contribution in [2.45, 2.75) is 0 Å². The van der Waals surface area contributed by atoms with Crippen molar-refractivity contribution < 1.29 is 60.9 Å². The summed E-state index contributed by atoms with van der Waals surface area (Å²) in [5, 5.41) is 0. The van der Waals surface area contributed by atoms with E-state index in [4.69, 9.17) is 0 Å². The second kappa shape index (κ2) is 17.8. The van der Waals surface area contributed by atoms with Gasteiger partial charge in [0.2, 0.25) is 0 Å². The summed E-state index contributed by atoms with van der Waals surface area (Å²) in [6.07, 6.45) is 0. The van der Waals surface area contributed by atoms with Crippen LogP contribution in [0.1, 0.15) is 0 Å². The Bertz CT molecular complexity index is 8.00. The van der Waals surface area contributed by atoms with E-state index in [1.165, 1.54) is 0 Å². The molecule has 0 nitrogen and oxygen atoms in total. The Kier molecular flexibility index (Phi) is 141. The van der Waals surface area contributed by atoms with Gasteiger partial charge < -0.3 is 0 Å². The molecular weight excluding hydrogens is 227 g/mol. The first-order chi connectivity index (χ1) is 0. The summed E-state index contributed by atoms with van der Waals surface area (Å²) in [5.74, 6) is 0. The largest absolute Gasteiger partial charge is 0.187 e. The van der Waals surface area contributed by atoms with Crippen LogP contribution in [0, 0.1) is 0 Å². The molecule has 0 amide bonds. The molecule has 0 fully saturated rings. The molecule has 0 heterocycles. The minimum absolute atomic E-state index is 0. The molecule has 0 aliphatic rings. The normalized spacial score (nSPS) is 0. The van der Waals surface area contributed by atoms with Crippen LogP contribution in [0.4, 0.5) is 0 Å². The van der Waals surface area contributed by atoms with E-state index >= 15 is 0 Å². The zero-order valence-electron chi connectivity index (χ0n) is 1.28. The van der Waals surface area contributed by atoms with Gasteiger partial charge in [0.15, 0.2) is 17.4 Å². The van der Waals surface area contributed by atoms with Crippen molar-refractivity contribution in [3.63, 3.8) is 0 Å². The van der Waals surface area contributed by atoms with Gasteiger partial charge >= 0.3 is 0 Å². The molecule has 2 radical (unpaired) electrons. The maximum absolute atomic E-state index is 0. The van der Waals surface area contributed by atoms with E-state index in [2.05, 4.69) is 0 Å². The smallest absolute Gasteiger partial charge is 0 e. The Balaban J connectivity index is 0. The molecule has 0 bridgehead atoms. The zero-order valence-corrected chi connectivity index (χ0v) is 6.08. The molecule has 4 heavy (non-hydrogen) atoms. The topological polar surface area (TPSA) is 0 Å². The quantitative estimate of drug-likeness (QED) is 0.459. The maximum Gasteiger partial charge on any atom is 0.187 e. The van der Waals surface area contributed by atoms with E-state index in [9.17, 15) is 0 Å². The van der Waals surface area contributed by atoms with Crippen LogP contribution in [0.2, 0.25) is 0 Å². The van der Waals surface area contributed by atoms with Gasteiger partial charge in [-0.2, -0.15) is 0 Å². The second-order valence-electron chi connectivity index (χ2n) is 0. The van der Waals surface area contributed by atoms with Gasteiger partial charge in [0.1, 0.15) is 0 Å². The molecule has 24 valence electrons. The second-order valence-corrected chi connectivity index (χ2v) is 0. The van der Waals surface area contributed by atoms with Gasteiger partial charge in [0.25, 0.3) is 0 Å². The molecular formula is H3AlCoNbTi. The van der Waals surface area contributed by atoms with Crippen LogP contribution in [0.3, 0.4) is 0 Å². The summed E-state index contributed by atoms with van der Waals surface area (Å²) in [6, 6.07) is 0. The third-order valence-corrected chi connectivity index (χ3v) is 0. The van der Waals surface area contributed by atoms with E-state index < -0.39 is 0 Å². The van der Waals surface area contributed by atoms with Crippen LogP contribution in [0.25, 0.3) is 0 Å². The van der Waals surface area contributed by atoms with Crippen molar-refractivity contribution >= 4 is 17.4 Å². The van der Waals surface area contributed by atoms with E-state index in [0.29, 0.717) is 0 Å². The van der Waals surface area contributed by atoms with Gasteiger partial charge in [-0.25, -0.2) is 0 Å². The van der Waals surface area contributed by atoms with E-state index in [1.54, 1.807) is 0 Å². The molecule has 0 N–H and O–H groups in total. The first kappa shape index (κ1) is 31.5. The van der Waals surface area contributed by atoms with Crippen LogP contribution < -0.4 is 0 Å². The van der Waals surface area contributed by atoms with Crippen molar-refractivity contribution in [1.82, 2.24) is 0 Å². The van der Waals surface area contributed by atoms with Gasteiger partial charge in [-0.3, -0.25) is 0 Å². The fourth-order valence-electron chi connectivity index (χ4n) is 0. The fraction of sp³-hybridized carbons (Fsp3) is 0. The molecule has 0 rings (SSSR count). The van der Waals surface area contributed by atoms with Gasteiger partial charge in [-0.1, -0.05) is 0 Å². The number of rotatable bonds is 0. The van der Waals surface area contributed by atoms with Crippen LogP contribution >= 0.6 is 0 Å². The minimum atomic E-state index is 0. The molecule has 0 unspecified atom stereocenters. The summed E-state index contributed by atoms with van der Waals surface area (Å²) >= 11 is 0. The molecule has 0 aromatic carbocycles. The SMILES string of the molecule is [AlH3].[Co].[Nb].[Ti]. The summed E-state index contributed by atoms with van der Waals surface area (Å²) in [7, 11) is 0. The fourth-order valence-corrected chi connectivity index (χ4v) is 0. The number of hydrogen-bond donors (Lipinski definition) is 0. The van der Waals surface area contributed by atoms with Crippen molar-refractivity contribution in [3.8, 4) is 0 Å². The minimum Gasteiger partial charge on any atom is 0 e. The van der Waals surface area contributed by atoms with Gasteiger partial charge in [-0.05, 0) is 0 Å². The third kappa shape index (κ3) is 8.82. The Morgan fingerprint density at radius 3 is 1.00 bits per heavy atom. The summed E-state index contributed by atoms with van der Waals surface area (Å²) in [6.45, 7) is 0. The monoisotopic (exact) mass is 230 g/mol. The first-order valence-electron chi connectivity index (χ1n) is 0. The van der Waals surface area contributed by atoms with E-state index in [-0.39, 0.29) is 78.2 Å². The third-order valence-electron chi connectivity index (χ3n) is 0. The van der Waals surface area contributed by atoms with Crippen LogP contribution in [-0.4, -0.2) is 17.4 Å². The molecule has 0 saturated heterocycles. The Morgan fingerprint density at radius 2 is 1.00 bits per heavy atom. The molecule has 0 aliphatic heterocycles. The summed E-state index contributed by atoms with van der Waals surface area (Å²) in [4.78, 5) is 0. The molecule has 0 aromatic heterocycles.